The van der Waals surface area contributed by atoms with Crippen molar-refractivity contribution in [2.75, 3.05) is 5.32 Å². The summed E-state index contributed by atoms with van der Waals surface area (Å²) in [5.41, 5.74) is 2.54. The van der Waals surface area contributed by atoms with Gasteiger partial charge in [-0.2, -0.15) is 18.3 Å². The van der Waals surface area contributed by atoms with E-state index in [1.54, 1.807) is 26.0 Å². The van der Waals surface area contributed by atoms with Crippen molar-refractivity contribution in [1.29, 1.82) is 0 Å². The Balaban J connectivity index is 1.81. The Labute approximate surface area is 170 Å². The number of rotatable bonds is 4. The molecule has 0 saturated carbocycles. The normalized spacial score (nSPS) is 11.6. The summed E-state index contributed by atoms with van der Waals surface area (Å²) in [5.74, 6) is -0.0336. The van der Waals surface area contributed by atoms with Crippen molar-refractivity contribution < 1.29 is 18.0 Å². The van der Waals surface area contributed by atoms with Gasteiger partial charge in [-0.3, -0.25) is 4.79 Å². The molecule has 1 N–H and O–H groups in total. The van der Waals surface area contributed by atoms with Gasteiger partial charge in [0.15, 0.2) is 5.82 Å². The molecule has 0 atom stereocenters. The van der Waals surface area contributed by atoms with Crippen molar-refractivity contribution in [3.8, 4) is 5.82 Å². The molecule has 1 aromatic carbocycles. The number of halogens is 4. The number of carbonyl (C=O) groups is 1. The molecular weight excluding hydrogens is 405 g/mol. The SMILES string of the molecule is Cc1ccc(NC(=O)Cc2c(C)nn(-c3ccc(C(F)(F)F)cn3)c2C)c(Cl)c1. The Kier molecular flexibility index (Phi) is 5.66. The van der Waals surface area contributed by atoms with E-state index < -0.39 is 11.7 Å². The van der Waals surface area contributed by atoms with Gasteiger partial charge in [0.1, 0.15) is 0 Å². The molecule has 2 heterocycles. The monoisotopic (exact) mass is 422 g/mol. The molecule has 29 heavy (non-hydrogen) atoms. The van der Waals surface area contributed by atoms with Gasteiger partial charge < -0.3 is 5.32 Å². The lowest BCUT2D eigenvalue weighted by Gasteiger charge is -2.09. The Bertz CT molecular complexity index is 1060. The smallest absolute Gasteiger partial charge is 0.324 e. The first-order chi connectivity index (χ1) is 13.6. The zero-order valence-electron chi connectivity index (χ0n) is 15.9. The second-order valence-corrected chi connectivity index (χ2v) is 7.08. The molecule has 0 unspecified atom stereocenters. The predicted molar refractivity (Wildman–Crippen MR) is 104 cm³/mol. The van der Waals surface area contributed by atoms with E-state index in [0.717, 1.165) is 17.8 Å². The van der Waals surface area contributed by atoms with Gasteiger partial charge in [-0.15, -0.1) is 0 Å². The van der Waals surface area contributed by atoms with Crippen LogP contribution in [0.3, 0.4) is 0 Å². The van der Waals surface area contributed by atoms with E-state index in [1.165, 1.54) is 10.7 Å². The second kappa shape index (κ2) is 7.87. The number of benzene rings is 1. The molecule has 0 aliphatic carbocycles. The standard InChI is InChI=1S/C20H18ClF3N4O/c1-11-4-6-17(16(21)8-11)26-19(29)9-15-12(2)27-28(13(15)3)18-7-5-14(10-25-18)20(22,23)24/h4-8,10H,9H2,1-3H3,(H,26,29). The van der Waals surface area contributed by atoms with E-state index in [4.69, 9.17) is 11.6 Å². The summed E-state index contributed by atoms with van der Waals surface area (Å²) in [4.78, 5) is 16.3. The predicted octanol–water partition coefficient (Wildman–Crippen LogP) is 5.05. The fourth-order valence-electron chi connectivity index (χ4n) is 2.91. The summed E-state index contributed by atoms with van der Waals surface area (Å²) in [6, 6.07) is 7.52. The maximum absolute atomic E-state index is 12.7. The molecule has 152 valence electrons. The number of nitrogens with one attached hydrogen (secondary N) is 1. The Hall–Kier alpha value is -2.87. The number of nitrogens with zero attached hydrogens (tertiary/aromatic N) is 3. The zero-order chi connectivity index (χ0) is 21.3. The average Bonchev–Trinajstić information content (AvgIpc) is 2.92. The lowest BCUT2D eigenvalue weighted by molar-refractivity contribution is -0.137. The van der Waals surface area contributed by atoms with Crippen LogP contribution in [-0.2, 0) is 17.4 Å². The average molecular weight is 423 g/mol. The van der Waals surface area contributed by atoms with Crippen molar-refractivity contribution >= 4 is 23.2 Å². The largest absolute Gasteiger partial charge is 0.417 e. The van der Waals surface area contributed by atoms with Crippen molar-refractivity contribution in [2.45, 2.75) is 33.4 Å². The summed E-state index contributed by atoms with van der Waals surface area (Å²) in [7, 11) is 0. The first kappa shape index (κ1) is 20.9. The van der Waals surface area contributed by atoms with Crippen LogP contribution in [0.25, 0.3) is 5.82 Å². The molecule has 0 aliphatic heterocycles. The molecule has 0 aliphatic rings. The van der Waals surface area contributed by atoms with Gasteiger partial charge in [-0.05, 0) is 50.6 Å². The van der Waals surface area contributed by atoms with Crippen LogP contribution in [0.2, 0.25) is 5.02 Å². The van der Waals surface area contributed by atoms with Crippen LogP contribution in [0, 0.1) is 20.8 Å². The quantitative estimate of drug-likeness (QED) is 0.640. The molecule has 1 amide bonds. The van der Waals surface area contributed by atoms with Gasteiger partial charge in [-0.1, -0.05) is 17.7 Å². The van der Waals surface area contributed by atoms with Gasteiger partial charge in [0, 0.05) is 17.5 Å². The highest BCUT2D eigenvalue weighted by atomic mass is 35.5. The minimum atomic E-state index is -4.46. The minimum absolute atomic E-state index is 0.0442. The maximum Gasteiger partial charge on any atom is 0.417 e. The molecule has 5 nitrogen and oxygen atoms in total. The van der Waals surface area contributed by atoms with Crippen LogP contribution in [0.5, 0.6) is 0 Å². The summed E-state index contributed by atoms with van der Waals surface area (Å²) < 4.78 is 39.6. The summed E-state index contributed by atoms with van der Waals surface area (Å²) in [5, 5.41) is 7.53. The van der Waals surface area contributed by atoms with Gasteiger partial charge in [-0.25, -0.2) is 9.67 Å². The second-order valence-electron chi connectivity index (χ2n) is 6.67. The van der Waals surface area contributed by atoms with Crippen LogP contribution >= 0.6 is 11.6 Å². The fourth-order valence-corrected chi connectivity index (χ4v) is 3.19. The molecule has 0 fully saturated rings. The molecule has 9 heteroatoms. The number of hydrogen-bond acceptors (Lipinski definition) is 3. The molecule has 3 aromatic rings. The molecule has 0 saturated heterocycles. The number of anilines is 1. The fraction of sp³-hybridized carbons (Fsp3) is 0.250. The van der Waals surface area contributed by atoms with E-state index in [0.29, 0.717) is 27.7 Å². The van der Waals surface area contributed by atoms with Crippen molar-refractivity contribution in [3.63, 3.8) is 0 Å². The van der Waals surface area contributed by atoms with E-state index in [1.807, 2.05) is 13.0 Å². The highest BCUT2D eigenvalue weighted by molar-refractivity contribution is 6.33. The summed E-state index contributed by atoms with van der Waals surface area (Å²) >= 11 is 6.15. The first-order valence-electron chi connectivity index (χ1n) is 8.71. The maximum atomic E-state index is 12.7. The first-order valence-corrected chi connectivity index (χ1v) is 9.09. The Morgan fingerprint density at radius 3 is 2.48 bits per heavy atom. The van der Waals surface area contributed by atoms with Crippen LogP contribution in [0.4, 0.5) is 18.9 Å². The van der Waals surface area contributed by atoms with Crippen LogP contribution in [-0.4, -0.2) is 20.7 Å². The number of aryl methyl sites for hydroxylation is 2. The number of carbonyl (C=O) groups excluding carboxylic acids is 1. The van der Waals surface area contributed by atoms with E-state index in [9.17, 15) is 18.0 Å². The van der Waals surface area contributed by atoms with Crippen LogP contribution < -0.4 is 5.32 Å². The van der Waals surface area contributed by atoms with Crippen molar-refractivity contribution in [3.05, 3.63) is 69.6 Å². The molecule has 0 bridgehead atoms. The van der Waals surface area contributed by atoms with Crippen LogP contribution in [0.1, 0.15) is 28.1 Å². The number of alkyl halides is 3. The minimum Gasteiger partial charge on any atom is -0.324 e. The van der Waals surface area contributed by atoms with E-state index in [-0.39, 0.29) is 18.1 Å². The van der Waals surface area contributed by atoms with E-state index in [2.05, 4.69) is 15.4 Å². The zero-order valence-corrected chi connectivity index (χ0v) is 16.7. The number of hydrogen-bond donors (Lipinski definition) is 1. The Morgan fingerprint density at radius 2 is 1.90 bits per heavy atom. The third kappa shape index (κ3) is 4.59. The highest BCUT2D eigenvalue weighted by Crippen LogP contribution is 2.29. The number of amides is 1. The van der Waals surface area contributed by atoms with Gasteiger partial charge >= 0.3 is 6.18 Å². The lowest BCUT2D eigenvalue weighted by atomic mass is 10.1. The topological polar surface area (TPSA) is 59.8 Å². The van der Waals surface area contributed by atoms with Crippen molar-refractivity contribution in [2.24, 2.45) is 0 Å². The lowest BCUT2D eigenvalue weighted by Crippen LogP contribution is -2.15. The molecule has 0 radical (unpaired) electrons. The van der Waals surface area contributed by atoms with Gasteiger partial charge in [0.05, 0.1) is 28.4 Å². The molecule has 0 spiro atoms. The highest BCUT2D eigenvalue weighted by Gasteiger charge is 2.30. The van der Waals surface area contributed by atoms with Crippen LogP contribution in [0.15, 0.2) is 36.5 Å². The molecule has 2 aromatic heterocycles. The van der Waals surface area contributed by atoms with E-state index >= 15 is 0 Å². The number of pyridine rings is 1. The van der Waals surface area contributed by atoms with Gasteiger partial charge in [0.2, 0.25) is 5.91 Å². The van der Waals surface area contributed by atoms with Crippen molar-refractivity contribution in [1.82, 2.24) is 14.8 Å². The summed E-state index contributed by atoms with van der Waals surface area (Å²) in [6.07, 6.45) is -3.65. The third-order valence-electron chi connectivity index (χ3n) is 4.47. The number of aromatic nitrogens is 3. The third-order valence-corrected chi connectivity index (χ3v) is 4.78. The van der Waals surface area contributed by atoms with Gasteiger partial charge in [0.25, 0.3) is 0 Å². The Morgan fingerprint density at radius 1 is 1.17 bits per heavy atom. The molecular formula is C20H18ClF3N4O. The summed E-state index contributed by atoms with van der Waals surface area (Å²) in [6.45, 7) is 5.36. The molecule has 3 rings (SSSR count).